The first-order chi connectivity index (χ1) is 7.16. The van der Waals surface area contributed by atoms with E-state index in [1.54, 1.807) is 12.1 Å². The number of nitrogens with two attached hydrogens (primary N) is 1. The van der Waals surface area contributed by atoms with E-state index in [2.05, 4.69) is 4.98 Å². The highest BCUT2D eigenvalue weighted by molar-refractivity contribution is 7.14. The molecule has 0 saturated heterocycles. The molecular weight excluding hydrogens is 208 g/mol. The van der Waals surface area contributed by atoms with E-state index in [4.69, 9.17) is 5.73 Å². The van der Waals surface area contributed by atoms with Gasteiger partial charge in [0.1, 0.15) is 5.69 Å². The lowest BCUT2D eigenvalue weighted by Gasteiger charge is -1.97. The molecule has 0 spiro atoms. The fraction of sp³-hybridized carbons (Fsp3) is 0.0909. The first-order valence-corrected chi connectivity index (χ1v) is 5.31. The third kappa shape index (κ3) is 2.05. The Bertz CT molecular complexity index is 488. The van der Waals surface area contributed by atoms with E-state index >= 15 is 0 Å². The van der Waals surface area contributed by atoms with Gasteiger partial charge in [0, 0.05) is 4.88 Å². The topological polar surface area (TPSA) is 56.0 Å². The molecule has 0 aromatic carbocycles. The number of pyridine rings is 1. The zero-order valence-electron chi connectivity index (χ0n) is 8.23. The van der Waals surface area contributed by atoms with Gasteiger partial charge in [-0.25, -0.2) is 0 Å². The number of carbonyl (C=O) groups is 1. The van der Waals surface area contributed by atoms with Crippen LogP contribution in [0.5, 0.6) is 0 Å². The number of anilines is 1. The summed E-state index contributed by atoms with van der Waals surface area (Å²) in [6.07, 6.45) is 1.49. The Labute approximate surface area is 91.6 Å². The van der Waals surface area contributed by atoms with Crippen molar-refractivity contribution in [3.8, 4) is 0 Å². The molecule has 0 fully saturated rings. The van der Waals surface area contributed by atoms with Crippen molar-refractivity contribution in [1.29, 1.82) is 0 Å². The molecule has 2 heterocycles. The van der Waals surface area contributed by atoms with Crippen LogP contribution in [-0.4, -0.2) is 10.8 Å². The normalized spacial score (nSPS) is 10.2. The molecule has 2 N–H and O–H groups in total. The monoisotopic (exact) mass is 218 g/mol. The van der Waals surface area contributed by atoms with Crippen LogP contribution in [0.3, 0.4) is 0 Å². The predicted octanol–water partition coefficient (Wildman–Crippen LogP) is 2.26. The number of hydrogen-bond donors (Lipinski definition) is 1. The van der Waals surface area contributed by atoms with Crippen LogP contribution in [0.2, 0.25) is 0 Å². The molecular formula is C11H10N2OS. The van der Waals surface area contributed by atoms with Crippen LogP contribution in [0.1, 0.15) is 20.2 Å². The molecule has 76 valence electrons. The van der Waals surface area contributed by atoms with E-state index in [1.165, 1.54) is 17.5 Å². The quantitative estimate of drug-likeness (QED) is 0.787. The number of aromatic nitrogens is 1. The van der Waals surface area contributed by atoms with Gasteiger partial charge >= 0.3 is 0 Å². The molecule has 0 atom stereocenters. The first kappa shape index (κ1) is 9.86. The molecule has 2 aromatic rings. The largest absolute Gasteiger partial charge is 0.397 e. The molecule has 0 saturated carbocycles. The van der Waals surface area contributed by atoms with E-state index in [-0.39, 0.29) is 5.78 Å². The second-order valence-corrected chi connectivity index (χ2v) is 4.50. The number of thiophene rings is 1. The van der Waals surface area contributed by atoms with E-state index in [1.807, 2.05) is 19.1 Å². The summed E-state index contributed by atoms with van der Waals surface area (Å²) in [5.74, 6) is -0.0481. The maximum atomic E-state index is 11.9. The molecule has 0 aliphatic rings. The van der Waals surface area contributed by atoms with Crippen molar-refractivity contribution in [2.45, 2.75) is 6.92 Å². The van der Waals surface area contributed by atoms with Crippen LogP contribution >= 0.6 is 11.3 Å². The van der Waals surface area contributed by atoms with Crippen molar-refractivity contribution in [3.05, 3.63) is 45.9 Å². The average Bonchev–Trinajstić information content (AvgIpc) is 2.65. The molecule has 0 radical (unpaired) electrons. The van der Waals surface area contributed by atoms with Gasteiger partial charge in [0.05, 0.1) is 16.8 Å². The molecule has 0 aliphatic carbocycles. The minimum Gasteiger partial charge on any atom is -0.397 e. The summed E-state index contributed by atoms with van der Waals surface area (Å²) in [5.41, 5.74) is 6.50. The van der Waals surface area contributed by atoms with Crippen LogP contribution in [-0.2, 0) is 0 Å². The Balaban J connectivity index is 2.32. The zero-order valence-corrected chi connectivity index (χ0v) is 9.04. The highest BCUT2D eigenvalue weighted by Gasteiger charge is 2.11. The van der Waals surface area contributed by atoms with Crippen molar-refractivity contribution in [2.24, 2.45) is 0 Å². The van der Waals surface area contributed by atoms with Gasteiger partial charge in [0.25, 0.3) is 0 Å². The number of hydrogen-bond acceptors (Lipinski definition) is 4. The van der Waals surface area contributed by atoms with Gasteiger partial charge in [-0.3, -0.25) is 9.78 Å². The van der Waals surface area contributed by atoms with E-state index < -0.39 is 0 Å². The SMILES string of the molecule is Cc1ccc(C(=O)c2ccc(N)cn2)s1. The van der Waals surface area contributed by atoms with E-state index in [0.717, 1.165) is 4.88 Å². The molecule has 0 aliphatic heterocycles. The van der Waals surface area contributed by atoms with Crippen LogP contribution < -0.4 is 5.73 Å². The Hall–Kier alpha value is -1.68. The lowest BCUT2D eigenvalue weighted by Crippen LogP contribution is -2.01. The van der Waals surface area contributed by atoms with Gasteiger partial charge in [-0.2, -0.15) is 0 Å². The standard InChI is InChI=1S/C11H10N2OS/c1-7-2-5-10(15-7)11(14)9-4-3-8(12)6-13-9/h2-6H,12H2,1H3. The summed E-state index contributed by atoms with van der Waals surface area (Å²) in [5, 5.41) is 0. The molecule has 15 heavy (non-hydrogen) atoms. The Morgan fingerprint density at radius 2 is 2.13 bits per heavy atom. The van der Waals surface area contributed by atoms with Crippen molar-refractivity contribution >= 4 is 22.8 Å². The summed E-state index contributed by atoms with van der Waals surface area (Å²) >= 11 is 1.47. The van der Waals surface area contributed by atoms with Gasteiger partial charge in [0.15, 0.2) is 0 Å². The van der Waals surface area contributed by atoms with Crippen molar-refractivity contribution in [3.63, 3.8) is 0 Å². The predicted molar refractivity (Wildman–Crippen MR) is 61.1 cm³/mol. The number of rotatable bonds is 2. The number of nitrogens with zero attached hydrogens (tertiary/aromatic N) is 1. The highest BCUT2D eigenvalue weighted by atomic mass is 32.1. The zero-order chi connectivity index (χ0) is 10.8. The third-order valence-electron chi connectivity index (χ3n) is 1.98. The second kappa shape index (κ2) is 3.82. The van der Waals surface area contributed by atoms with Gasteiger partial charge in [-0.05, 0) is 31.2 Å². The first-order valence-electron chi connectivity index (χ1n) is 4.49. The molecule has 0 amide bonds. The summed E-state index contributed by atoms with van der Waals surface area (Å²) < 4.78 is 0. The number of nitrogen functional groups attached to an aromatic ring is 1. The Morgan fingerprint density at radius 1 is 1.33 bits per heavy atom. The summed E-state index contributed by atoms with van der Waals surface area (Å²) in [4.78, 5) is 17.7. The van der Waals surface area contributed by atoms with Crippen molar-refractivity contribution in [2.75, 3.05) is 5.73 Å². The number of aryl methyl sites for hydroxylation is 1. The lowest BCUT2D eigenvalue weighted by atomic mass is 10.2. The van der Waals surface area contributed by atoms with Gasteiger partial charge in [0.2, 0.25) is 5.78 Å². The molecule has 4 heteroatoms. The smallest absolute Gasteiger partial charge is 0.221 e. The molecule has 2 aromatic heterocycles. The van der Waals surface area contributed by atoms with E-state index in [0.29, 0.717) is 16.3 Å². The third-order valence-corrected chi connectivity index (χ3v) is 2.98. The van der Waals surface area contributed by atoms with Crippen molar-refractivity contribution < 1.29 is 4.79 Å². The lowest BCUT2D eigenvalue weighted by molar-refractivity contribution is 0.103. The molecule has 3 nitrogen and oxygen atoms in total. The van der Waals surface area contributed by atoms with Gasteiger partial charge in [-0.15, -0.1) is 11.3 Å². The minimum absolute atomic E-state index is 0.0481. The van der Waals surface area contributed by atoms with Crippen molar-refractivity contribution in [1.82, 2.24) is 4.98 Å². The minimum atomic E-state index is -0.0481. The van der Waals surface area contributed by atoms with Crippen LogP contribution in [0.4, 0.5) is 5.69 Å². The number of ketones is 1. The maximum Gasteiger partial charge on any atom is 0.221 e. The van der Waals surface area contributed by atoms with Gasteiger partial charge < -0.3 is 5.73 Å². The second-order valence-electron chi connectivity index (χ2n) is 3.22. The Kier molecular flexibility index (Phi) is 2.51. The van der Waals surface area contributed by atoms with E-state index in [9.17, 15) is 4.79 Å². The van der Waals surface area contributed by atoms with Crippen LogP contribution in [0.15, 0.2) is 30.5 Å². The average molecular weight is 218 g/mol. The Morgan fingerprint density at radius 3 is 2.67 bits per heavy atom. The number of carbonyl (C=O) groups excluding carboxylic acids is 1. The van der Waals surface area contributed by atoms with Gasteiger partial charge in [-0.1, -0.05) is 0 Å². The van der Waals surface area contributed by atoms with Crippen LogP contribution in [0, 0.1) is 6.92 Å². The summed E-state index contributed by atoms with van der Waals surface area (Å²) in [7, 11) is 0. The van der Waals surface area contributed by atoms with Crippen LogP contribution in [0.25, 0.3) is 0 Å². The molecule has 0 bridgehead atoms. The molecule has 2 rings (SSSR count). The summed E-state index contributed by atoms with van der Waals surface area (Å²) in [6.45, 7) is 1.97. The highest BCUT2D eigenvalue weighted by Crippen LogP contribution is 2.18. The fourth-order valence-corrected chi connectivity index (χ4v) is 2.04. The summed E-state index contributed by atoms with van der Waals surface area (Å²) in [6, 6.07) is 7.07. The fourth-order valence-electron chi connectivity index (χ4n) is 1.22. The molecule has 0 unspecified atom stereocenters. The maximum absolute atomic E-state index is 11.9.